The van der Waals surface area contributed by atoms with Crippen LogP contribution in [0.4, 0.5) is 0 Å². The maximum absolute atomic E-state index is 6.48. The third kappa shape index (κ3) is 20.1. The molecule has 0 radical (unpaired) electrons. The van der Waals surface area contributed by atoms with Gasteiger partial charge in [-0.15, -0.1) is 0 Å². The lowest BCUT2D eigenvalue weighted by molar-refractivity contribution is 0.688. The molecule has 0 bridgehead atoms. The molecule has 0 aromatic rings. The van der Waals surface area contributed by atoms with Gasteiger partial charge >= 0.3 is 0 Å². The molecule has 0 unspecified atom stereocenters. The zero-order valence-corrected chi connectivity index (χ0v) is 5.39. The maximum Gasteiger partial charge on any atom is 0.224 e. The fraction of sp³-hybridized carbons (Fsp3) is 0.667. The van der Waals surface area contributed by atoms with Gasteiger partial charge in [-0.3, -0.25) is 0 Å². The van der Waals surface area contributed by atoms with E-state index in [1.54, 1.807) is 0 Å². The van der Waals surface area contributed by atoms with Crippen molar-refractivity contribution in [2.24, 2.45) is 0 Å². The Bertz CT molecular complexity index is 99.9. The number of hydrogen-bond donors (Lipinski definition) is 0. The highest BCUT2D eigenvalue weighted by Gasteiger charge is 2.10. The van der Waals surface area contributed by atoms with Gasteiger partial charge in [0.2, 0.25) is 5.54 Å². The van der Waals surface area contributed by atoms with Gasteiger partial charge in [0, 0.05) is 20.8 Å². The zero-order valence-electron chi connectivity index (χ0n) is 5.39. The van der Waals surface area contributed by atoms with E-state index in [2.05, 4.69) is 4.85 Å². The Hall–Kier alpha value is -1.02. The predicted octanol–water partition coefficient (Wildman–Crippen LogP) is 1.80. The van der Waals surface area contributed by atoms with Crippen LogP contribution < -0.4 is 0 Å². The highest BCUT2D eigenvalue weighted by molar-refractivity contribution is 4.82. The van der Waals surface area contributed by atoms with E-state index in [1.807, 2.05) is 20.8 Å². The van der Waals surface area contributed by atoms with E-state index in [1.165, 1.54) is 0 Å². The molecular formula is C6H9N2-. The van der Waals surface area contributed by atoms with Crippen LogP contribution in [0.3, 0.4) is 0 Å². The topological polar surface area (TPSA) is 28.1 Å². The maximum atomic E-state index is 6.48. The smallest absolute Gasteiger partial charge is 0.224 e. The Morgan fingerprint density at radius 2 is 1.38 bits per heavy atom. The van der Waals surface area contributed by atoms with E-state index in [0.29, 0.717) is 0 Å². The SMILES string of the molecule is [C-]#N.[C-]#[N+]C(C)(C)C. The first-order valence-electron chi connectivity index (χ1n) is 2.17. The van der Waals surface area contributed by atoms with Crippen LogP contribution in [0.2, 0.25) is 0 Å². The van der Waals surface area contributed by atoms with Crippen LogP contribution in [-0.2, 0) is 0 Å². The molecule has 0 heterocycles. The Morgan fingerprint density at radius 3 is 1.38 bits per heavy atom. The summed E-state index contributed by atoms with van der Waals surface area (Å²) >= 11 is 0. The van der Waals surface area contributed by atoms with Crippen molar-refractivity contribution < 1.29 is 0 Å². The Kier molecular flexibility index (Phi) is 5.22. The van der Waals surface area contributed by atoms with Crippen LogP contribution in [0.1, 0.15) is 20.8 Å². The van der Waals surface area contributed by atoms with Crippen molar-refractivity contribution in [2.45, 2.75) is 26.3 Å². The molecule has 0 amide bonds. The number of rotatable bonds is 0. The van der Waals surface area contributed by atoms with E-state index in [9.17, 15) is 0 Å². The Balaban J connectivity index is 0. The summed E-state index contributed by atoms with van der Waals surface area (Å²) in [6, 6.07) is 0. The number of nitrogens with zero attached hydrogens (tertiary/aromatic N) is 2. The van der Waals surface area contributed by atoms with Crippen LogP contribution >= 0.6 is 0 Å². The van der Waals surface area contributed by atoms with Gasteiger partial charge in [0.1, 0.15) is 0 Å². The Morgan fingerprint density at radius 1 is 1.25 bits per heavy atom. The summed E-state index contributed by atoms with van der Waals surface area (Å²) in [7, 11) is 0. The van der Waals surface area contributed by atoms with Gasteiger partial charge in [-0.25, -0.2) is 6.57 Å². The van der Waals surface area contributed by atoms with Crippen LogP contribution in [-0.4, -0.2) is 5.54 Å². The third-order valence-electron chi connectivity index (χ3n) is 0.335. The van der Waals surface area contributed by atoms with Crippen LogP contribution in [0.5, 0.6) is 0 Å². The average Bonchev–Trinajstić information content (AvgIpc) is 1.71. The quantitative estimate of drug-likeness (QED) is 0.436. The van der Waals surface area contributed by atoms with Gasteiger partial charge in [-0.05, 0) is 0 Å². The van der Waals surface area contributed by atoms with Crippen molar-refractivity contribution in [1.82, 2.24) is 0 Å². The molecule has 44 valence electrons. The van der Waals surface area contributed by atoms with Gasteiger partial charge < -0.3 is 16.7 Å². The molecule has 0 fully saturated rings. The highest BCUT2D eigenvalue weighted by Crippen LogP contribution is 2.03. The standard InChI is InChI=1S/C5H9N.CN/c1-5(2,3)6-4;1-2/h1-3H3;/q;-1. The molecule has 0 aliphatic heterocycles. The lowest BCUT2D eigenvalue weighted by Crippen LogP contribution is -2.04. The zero-order chi connectivity index (χ0) is 7.21. The second-order valence-corrected chi connectivity index (χ2v) is 2.28. The molecule has 8 heavy (non-hydrogen) atoms. The summed E-state index contributed by atoms with van der Waals surface area (Å²) in [4.78, 5) is 3.27. The summed E-state index contributed by atoms with van der Waals surface area (Å²) in [5.41, 5.74) is -0.167. The van der Waals surface area contributed by atoms with Crippen molar-refractivity contribution in [2.75, 3.05) is 0 Å². The van der Waals surface area contributed by atoms with E-state index in [-0.39, 0.29) is 5.54 Å². The van der Waals surface area contributed by atoms with Crippen LogP contribution in [0.15, 0.2) is 0 Å². The lowest BCUT2D eigenvalue weighted by Gasteiger charge is -1.97. The first-order valence-corrected chi connectivity index (χ1v) is 2.17. The average molecular weight is 109 g/mol. The first kappa shape index (κ1) is 10.1. The van der Waals surface area contributed by atoms with Crippen LogP contribution in [0.25, 0.3) is 4.85 Å². The summed E-state index contributed by atoms with van der Waals surface area (Å²) in [5, 5.41) is 6.25. The van der Waals surface area contributed by atoms with Crippen molar-refractivity contribution >= 4 is 0 Å². The molecule has 0 aromatic carbocycles. The van der Waals surface area contributed by atoms with Gasteiger partial charge in [-0.2, -0.15) is 0 Å². The molecule has 0 aromatic heterocycles. The molecule has 0 N–H and O–H groups in total. The highest BCUT2D eigenvalue weighted by atomic mass is 14.7. The van der Waals surface area contributed by atoms with E-state index in [4.69, 9.17) is 18.4 Å². The molecule has 0 aliphatic rings. The predicted molar refractivity (Wildman–Crippen MR) is 31.3 cm³/mol. The van der Waals surface area contributed by atoms with Crippen molar-refractivity contribution in [3.05, 3.63) is 18.0 Å². The normalized spacial score (nSPS) is 8.00. The van der Waals surface area contributed by atoms with Gasteiger partial charge in [0.05, 0.1) is 0 Å². The minimum Gasteiger partial charge on any atom is -0.512 e. The molecule has 0 saturated carbocycles. The van der Waals surface area contributed by atoms with Crippen molar-refractivity contribution in [3.8, 4) is 0 Å². The fourth-order valence-electron chi connectivity index (χ4n) is 0. The molecule has 0 spiro atoms. The summed E-state index contributed by atoms with van der Waals surface area (Å²) in [5.74, 6) is 0. The molecular weight excluding hydrogens is 100 g/mol. The van der Waals surface area contributed by atoms with Gasteiger partial charge in [-0.1, -0.05) is 0 Å². The van der Waals surface area contributed by atoms with E-state index < -0.39 is 0 Å². The molecule has 2 nitrogen and oxygen atoms in total. The Labute approximate surface area is 50.6 Å². The molecule has 0 aliphatic carbocycles. The second kappa shape index (κ2) is 4.15. The molecule has 2 heteroatoms. The van der Waals surface area contributed by atoms with E-state index >= 15 is 0 Å². The minimum absolute atomic E-state index is 0.167. The van der Waals surface area contributed by atoms with Crippen LogP contribution in [0, 0.1) is 18.4 Å². The third-order valence-corrected chi connectivity index (χ3v) is 0.335. The monoisotopic (exact) mass is 109 g/mol. The molecule has 0 rings (SSSR count). The molecule has 0 atom stereocenters. The van der Waals surface area contributed by atoms with Crippen molar-refractivity contribution in [1.29, 1.82) is 5.26 Å². The fourth-order valence-corrected chi connectivity index (χ4v) is 0. The first-order chi connectivity index (χ1) is 3.56. The summed E-state index contributed by atoms with van der Waals surface area (Å²) in [6.07, 6.45) is 0. The number of hydrogen-bond acceptors (Lipinski definition) is 1. The minimum atomic E-state index is -0.167. The van der Waals surface area contributed by atoms with Gasteiger partial charge in [0.15, 0.2) is 0 Å². The summed E-state index contributed by atoms with van der Waals surface area (Å²) in [6.45, 7) is 16.9. The largest absolute Gasteiger partial charge is 0.512 e. The molecule has 0 saturated heterocycles. The lowest BCUT2D eigenvalue weighted by atomic mass is 10.1. The summed E-state index contributed by atoms with van der Waals surface area (Å²) < 4.78 is 0. The van der Waals surface area contributed by atoms with Gasteiger partial charge in [0.25, 0.3) is 0 Å². The van der Waals surface area contributed by atoms with E-state index in [0.717, 1.165) is 0 Å². The van der Waals surface area contributed by atoms with Crippen molar-refractivity contribution in [3.63, 3.8) is 0 Å². The second-order valence-electron chi connectivity index (χ2n) is 2.28.